The van der Waals surface area contributed by atoms with E-state index in [0.29, 0.717) is 0 Å². The molecule has 96 valence electrons. The Morgan fingerprint density at radius 3 is 3.06 bits per heavy atom. The molecule has 1 aromatic rings. The third kappa shape index (κ3) is 3.30. The number of aryl methyl sites for hydroxylation is 1. The number of aromatic nitrogens is 1. The molecule has 1 atom stereocenters. The van der Waals surface area contributed by atoms with Gasteiger partial charge in [0.1, 0.15) is 0 Å². The molecule has 1 fully saturated rings. The largest absolute Gasteiger partial charge is 0.360 e. The van der Waals surface area contributed by atoms with Gasteiger partial charge >= 0.3 is 0 Å². The molecule has 0 spiro atoms. The van der Waals surface area contributed by atoms with Crippen molar-refractivity contribution in [2.75, 3.05) is 19.6 Å². The average molecular weight is 237 g/mol. The molecule has 4 heteroatoms. The van der Waals surface area contributed by atoms with Crippen molar-refractivity contribution in [2.45, 2.75) is 45.7 Å². The van der Waals surface area contributed by atoms with E-state index in [2.05, 4.69) is 29.2 Å². The number of hydrogen-bond acceptors (Lipinski definition) is 4. The standard InChI is InChI=1S/C13H23N3O/c1-4-13(3)10-16(7-5-6-14-13)9-12-8-11(2)15-17-12/h8,14H,4-7,9-10H2,1-3H3. The van der Waals surface area contributed by atoms with Crippen molar-refractivity contribution in [3.05, 3.63) is 17.5 Å². The topological polar surface area (TPSA) is 41.3 Å². The fourth-order valence-electron chi connectivity index (χ4n) is 2.40. The van der Waals surface area contributed by atoms with E-state index >= 15 is 0 Å². The molecule has 0 saturated carbocycles. The van der Waals surface area contributed by atoms with Crippen LogP contribution in [0.2, 0.25) is 0 Å². The van der Waals surface area contributed by atoms with Crippen molar-refractivity contribution in [1.82, 2.24) is 15.4 Å². The molecule has 1 aliphatic rings. The molecule has 2 rings (SSSR count). The van der Waals surface area contributed by atoms with Gasteiger partial charge in [0.15, 0.2) is 5.76 Å². The SMILES string of the molecule is CCC1(C)CN(Cc2cc(C)no2)CCCN1. The number of rotatable bonds is 3. The Labute approximate surface area is 103 Å². The second-order valence-electron chi connectivity index (χ2n) is 5.34. The lowest BCUT2D eigenvalue weighted by atomic mass is 9.98. The zero-order valence-corrected chi connectivity index (χ0v) is 11.1. The highest BCUT2D eigenvalue weighted by molar-refractivity contribution is 5.03. The minimum Gasteiger partial charge on any atom is -0.360 e. The number of nitrogens with one attached hydrogen (secondary N) is 1. The van der Waals surface area contributed by atoms with Gasteiger partial charge in [-0.15, -0.1) is 0 Å². The highest BCUT2D eigenvalue weighted by Gasteiger charge is 2.27. The predicted molar refractivity (Wildman–Crippen MR) is 67.8 cm³/mol. The number of hydrogen-bond donors (Lipinski definition) is 1. The summed E-state index contributed by atoms with van der Waals surface area (Å²) >= 11 is 0. The third-order valence-corrected chi connectivity index (χ3v) is 3.61. The summed E-state index contributed by atoms with van der Waals surface area (Å²) in [5.41, 5.74) is 1.19. The van der Waals surface area contributed by atoms with Crippen LogP contribution in [-0.2, 0) is 6.54 Å². The highest BCUT2D eigenvalue weighted by Crippen LogP contribution is 2.17. The third-order valence-electron chi connectivity index (χ3n) is 3.61. The van der Waals surface area contributed by atoms with Crippen molar-refractivity contribution >= 4 is 0 Å². The van der Waals surface area contributed by atoms with Crippen molar-refractivity contribution < 1.29 is 4.52 Å². The predicted octanol–water partition coefficient (Wildman–Crippen LogP) is 1.95. The zero-order valence-electron chi connectivity index (χ0n) is 11.1. The first kappa shape index (κ1) is 12.6. The molecule has 17 heavy (non-hydrogen) atoms. The highest BCUT2D eigenvalue weighted by atomic mass is 16.5. The molecule has 1 aliphatic heterocycles. The maximum Gasteiger partial charge on any atom is 0.150 e. The van der Waals surface area contributed by atoms with E-state index in [1.54, 1.807) is 0 Å². The molecule has 0 bridgehead atoms. The molecule has 0 aliphatic carbocycles. The fraction of sp³-hybridized carbons (Fsp3) is 0.769. The molecule has 2 heterocycles. The summed E-state index contributed by atoms with van der Waals surface area (Å²) in [6.45, 7) is 10.7. The van der Waals surface area contributed by atoms with Crippen LogP contribution in [0.5, 0.6) is 0 Å². The molecular formula is C13H23N3O. The summed E-state index contributed by atoms with van der Waals surface area (Å²) in [4.78, 5) is 2.46. The lowest BCUT2D eigenvalue weighted by molar-refractivity contribution is 0.189. The van der Waals surface area contributed by atoms with Crippen LogP contribution in [0.4, 0.5) is 0 Å². The van der Waals surface area contributed by atoms with Gasteiger partial charge in [0.25, 0.3) is 0 Å². The van der Waals surface area contributed by atoms with Crippen LogP contribution in [0.15, 0.2) is 10.6 Å². The quantitative estimate of drug-likeness (QED) is 0.872. The summed E-state index contributed by atoms with van der Waals surface area (Å²) in [5, 5.41) is 7.59. The van der Waals surface area contributed by atoms with Crippen molar-refractivity contribution in [3.63, 3.8) is 0 Å². The maximum absolute atomic E-state index is 5.30. The van der Waals surface area contributed by atoms with Crippen molar-refractivity contribution in [1.29, 1.82) is 0 Å². The Kier molecular flexibility index (Phi) is 3.84. The molecule has 1 aromatic heterocycles. The van der Waals surface area contributed by atoms with Gasteiger partial charge in [-0.2, -0.15) is 0 Å². The molecule has 1 N–H and O–H groups in total. The van der Waals surface area contributed by atoms with E-state index in [1.165, 1.54) is 6.42 Å². The van der Waals surface area contributed by atoms with Gasteiger partial charge < -0.3 is 9.84 Å². The molecular weight excluding hydrogens is 214 g/mol. The van der Waals surface area contributed by atoms with Gasteiger partial charge in [0, 0.05) is 18.2 Å². The van der Waals surface area contributed by atoms with Crippen LogP contribution in [0.25, 0.3) is 0 Å². The Bertz CT molecular complexity index is 363. The second-order valence-corrected chi connectivity index (χ2v) is 5.34. The smallest absolute Gasteiger partial charge is 0.150 e. The minimum atomic E-state index is 0.228. The van der Waals surface area contributed by atoms with Crippen LogP contribution < -0.4 is 5.32 Å². The summed E-state index contributed by atoms with van der Waals surface area (Å²) in [5.74, 6) is 0.975. The first-order valence-corrected chi connectivity index (χ1v) is 6.51. The monoisotopic (exact) mass is 237 g/mol. The van der Waals surface area contributed by atoms with E-state index in [1.807, 2.05) is 13.0 Å². The van der Waals surface area contributed by atoms with Crippen molar-refractivity contribution in [3.8, 4) is 0 Å². The molecule has 1 unspecified atom stereocenters. The van der Waals surface area contributed by atoms with Crippen molar-refractivity contribution in [2.24, 2.45) is 0 Å². The molecule has 1 saturated heterocycles. The van der Waals surface area contributed by atoms with Crippen LogP contribution in [0.1, 0.15) is 38.1 Å². The zero-order chi connectivity index (χ0) is 12.3. The minimum absolute atomic E-state index is 0.228. The van der Waals surface area contributed by atoms with Gasteiger partial charge in [0.2, 0.25) is 0 Å². The van der Waals surface area contributed by atoms with E-state index in [4.69, 9.17) is 4.52 Å². The van der Waals surface area contributed by atoms with Gasteiger partial charge in [-0.25, -0.2) is 0 Å². The van der Waals surface area contributed by atoms with Crippen LogP contribution in [0.3, 0.4) is 0 Å². The molecule has 0 aromatic carbocycles. The lowest BCUT2D eigenvalue weighted by Gasteiger charge is -2.32. The summed E-state index contributed by atoms with van der Waals surface area (Å²) < 4.78 is 5.30. The first-order valence-electron chi connectivity index (χ1n) is 6.51. The van der Waals surface area contributed by atoms with Gasteiger partial charge in [-0.05, 0) is 39.8 Å². The first-order chi connectivity index (χ1) is 8.11. The lowest BCUT2D eigenvalue weighted by Crippen LogP contribution is -2.48. The Balaban J connectivity index is 1.99. The van der Waals surface area contributed by atoms with Crippen LogP contribution >= 0.6 is 0 Å². The average Bonchev–Trinajstić information content (AvgIpc) is 2.59. The molecule has 0 amide bonds. The van der Waals surface area contributed by atoms with Crippen LogP contribution in [0, 0.1) is 6.92 Å². The Morgan fingerprint density at radius 1 is 1.59 bits per heavy atom. The van der Waals surface area contributed by atoms with E-state index in [0.717, 1.165) is 44.1 Å². The maximum atomic E-state index is 5.30. The van der Waals surface area contributed by atoms with Crippen LogP contribution in [-0.4, -0.2) is 35.2 Å². The summed E-state index contributed by atoms with van der Waals surface area (Å²) in [6, 6.07) is 2.03. The van der Waals surface area contributed by atoms with E-state index in [9.17, 15) is 0 Å². The second kappa shape index (κ2) is 5.19. The Hall–Kier alpha value is -0.870. The van der Waals surface area contributed by atoms with Gasteiger partial charge in [0.05, 0.1) is 12.2 Å². The summed E-state index contributed by atoms with van der Waals surface area (Å²) in [7, 11) is 0. The fourth-order valence-corrected chi connectivity index (χ4v) is 2.40. The van der Waals surface area contributed by atoms with Gasteiger partial charge in [-0.3, -0.25) is 4.90 Å². The van der Waals surface area contributed by atoms with E-state index < -0.39 is 0 Å². The van der Waals surface area contributed by atoms with Gasteiger partial charge in [-0.1, -0.05) is 12.1 Å². The summed E-state index contributed by atoms with van der Waals surface area (Å²) in [6.07, 6.45) is 2.35. The normalized spacial score (nSPS) is 27.0. The van der Waals surface area contributed by atoms with E-state index in [-0.39, 0.29) is 5.54 Å². The number of nitrogens with zero attached hydrogens (tertiary/aromatic N) is 2. The Morgan fingerprint density at radius 2 is 2.41 bits per heavy atom. The molecule has 0 radical (unpaired) electrons. The molecule has 4 nitrogen and oxygen atoms in total.